The Balaban J connectivity index is 1.85. The molecule has 4 rings (SSSR count). The molecule has 32 heavy (non-hydrogen) atoms. The maximum atomic E-state index is 13.5. The van der Waals surface area contributed by atoms with Gasteiger partial charge in [-0.15, -0.1) is 0 Å². The van der Waals surface area contributed by atoms with Crippen LogP contribution in [0.4, 0.5) is 0 Å². The molecule has 2 heterocycles. The second kappa shape index (κ2) is 8.96. The first-order valence-corrected chi connectivity index (χ1v) is 11.1. The van der Waals surface area contributed by atoms with Crippen LogP contribution in [0.5, 0.6) is 5.75 Å². The number of rotatable bonds is 5. The number of carbonyl (C=O) groups is 1. The molecule has 1 atom stereocenters. The molecule has 1 unspecified atom stereocenters. The fourth-order valence-corrected chi connectivity index (χ4v) is 4.76. The predicted molar refractivity (Wildman–Crippen MR) is 124 cm³/mol. The topological polar surface area (TPSA) is 69.9 Å². The maximum absolute atomic E-state index is 13.5. The van der Waals surface area contributed by atoms with Gasteiger partial charge >= 0.3 is 5.97 Å². The van der Waals surface area contributed by atoms with Crippen molar-refractivity contribution in [3.8, 4) is 5.75 Å². The fourth-order valence-electron chi connectivity index (χ4n) is 3.71. The molecule has 0 saturated heterocycles. The van der Waals surface area contributed by atoms with E-state index in [1.807, 2.05) is 74.5 Å². The van der Waals surface area contributed by atoms with Gasteiger partial charge in [0.15, 0.2) is 4.80 Å². The van der Waals surface area contributed by atoms with Crippen LogP contribution < -0.4 is 19.6 Å². The van der Waals surface area contributed by atoms with Crippen molar-refractivity contribution in [1.82, 2.24) is 4.57 Å². The van der Waals surface area contributed by atoms with E-state index >= 15 is 0 Å². The Kier molecular flexibility index (Phi) is 6.10. The molecule has 0 radical (unpaired) electrons. The molecule has 0 fully saturated rings. The molecule has 7 heteroatoms. The summed E-state index contributed by atoms with van der Waals surface area (Å²) in [4.78, 5) is 31.2. The Hall–Kier alpha value is -3.45. The van der Waals surface area contributed by atoms with E-state index in [9.17, 15) is 9.59 Å². The monoisotopic (exact) mass is 448 g/mol. The predicted octanol–water partition coefficient (Wildman–Crippen LogP) is 3.20. The van der Waals surface area contributed by atoms with Crippen molar-refractivity contribution >= 4 is 23.4 Å². The first-order valence-electron chi connectivity index (χ1n) is 10.3. The van der Waals surface area contributed by atoms with Crippen molar-refractivity contribution in [2.75, 3.05) is 7.11 Å². The summed E-state index contributed by atoms with van der Waals surface area (Å²) in [5.74, 6) is 0.288. The fraction of sp³-hybridized carbons (Fsp3) is 0.240. The van der Waals surface area contributed by atoms with Gasteiger partial charge < -0.3 is 9.47 Å². The van der Waals surface area contributed by atoms with E-state index in [1.54, 1.807) is 11.5 Å². The van der Waals surface area contributed by atoms with Crippen LogP contribution in [0.25, 0.3) is 6.08 Å². The summed E-state index contributed by atoms with van der Waals surface area (Å²) in [6.45, 7) is 5.72. The van der Waals surface area contributed by atoms with Crippen LogP contribution in [-0.2, 0) is 9.53 Å². The molecule has 1 aliphatic rings. The highest BCUT2D eigenvalue weighted by Crippen LogP contribution is 2.30. The van der Waals surface area contributed by atoms with Gasteiger partial charge in [0, 0.05) is 0 Å². The van der Waals surface area contributed by atoms with E-state index in [0.29, 0.717) is 20.6 Å². The van der Waals surface area contributed by atoms with Crippen molar-refractivity contribution in [2.24, 2.45) is 4.99 Å². The molecular weight excluding hydrogens is 424 g/mol. The molecular formula is C25H24N2O4S. The Morgan fingerprint density at radius 1 is 1.12 bits per heavy atom. The number of methoxy groups -OCH3 is 1. The van der Waals surface area contributed by atoms with Crippen molar-refractivity contribution < 1.29 is 14.3 Å². The Bertz CT molecular complexity index is 1350. The van der Waals surface area contributed by atoms with Crippen molar-refractivity contribution in [3.63, 3.8) is 0 Å². The summed E-state index contributed by atoms with van der Waals surface area (Å²) >= 11 is 1.31. The van der Waals surface area contributed by atoms with Crippen molar-refractivity contribution in [3.05, 3.63) is 96.7 Å². The lowest BCUT2D eigenvalue weighted by Gasteiger charge is -2.24. The smallest absolute Gasteiger partial charge is 0.338 e. The van der Waals surface area contributed by atoms with Gasteiger partial charge in [0.25, 0.3) is 5.56 Å². The standard InChI is InChI=1S/C25H24N2O4S/c1-15(2)31-19-12-10-17(11-13-19)14-20-23(28)27-22(18-8-6-5-7-9-18)21(24(29)30-4)16(3)26-25(27)32-20/h5-15,22H,1-4H3/b20-14+. The summed E-state index contributed by atoms with van der Waals surface area (Å²) in [6.07, 6.45) is 1.93. The van der Waals surface area contributed by atoms with Crippen LogP contribution in [0.2, 0.25) is 0 Å². The summed E-state index contributed by atoms with van der Waals surface area (Å²) in [7, 11) is 1.34. The largest absolute Gasteiger partial charge is 0.491 e. The molecule has 1 aliphatic heterocycles. The van der Waals surface area contributed by atoms with Crippen LogP contribution in [0.15, 0.2) is 75.7 Å². The lowest BCUT2D eigenvalue weighted by Crippen LogP contribution is -2.39. The van der Waals surface area contributed by atoms with Gasteiger partial charge in [-0.1, -0.05) is 53.8 Å². The molecule has 1 aromatic heterocycles. The highest BCUT2D eigenvalue weighted by molar-refractivity contribution is 7.07. The normalized spacial score (nSPS) is 16.0. The number of hydrogen-bond donors (Lipinski definition) is 0. The zero-order chi connectivity index (χ0) is 22.8. The van der Waals surface area contributed by atoms with E-state index in [4.69, 9.17) is 9.47 Å². The Labute approximate surface area is 189 Å². The number of esters is 1. The third-order valence-electron chi connectivity index (χ3n) is 5.09. The Morgan fingerprint density at radius 3 is 2.44 bits per heavy atom. The lowest BCUT2D eigenvalue weighted by molar-refractivity contribution is -0.136. The van der Waals surface area contributed by atoms with Gasteiger partial charge in [-0.25, -0.2) is 9.79 Å². The molecule has 0 saturated carbocycles. The first-order chi connectivity index (χ1) is 15.4. The third-order valence-corrected chi connectivity index (χ3v) is 6.07. The minimum Gasteiger partial charge on any atom is -0.491 e. The lowest BCUT2D eigenvalue weighted by atomic mass is 9.96. The highest BCUT2D eigenvalue weighted by Gasteiger charge is 2.32. The molecule has 3 aromatic rings. The average molecular weight is 449 g/mol. The van der Waals surface area contributed by atoms with E-state index in [2.05, 4.69) is 4.99 Å². The molecule has 0 bridgehead atoms. The minimum atomic E-state index is -0.594. The number of allylic oxidation sites excluding steroid dienone is 1. The quantitative estimate of drug-likeness (QED) is 0.562. The Morgan fingerprint density at radius 2 is 1.81 bits per heavy atom. The number of benzene rings is 2. The summed E-state index contributed by atoms with van der Waals surface area (Å²) in [6, 6.07) is 16.5. The third kappa shape index (κ3) is 4.16. The molecule has 2 aromatic carbocycles. The number of thiazole rings is 1. The number of fused-ring (bicyclic) bond motifs is 1. The second-order valence-electron chi connectivity index (χ2n) is 7.72. The molecule has 0 aliphatic carbocycles. The van der Waals surface area contributed by atoms with Gasteiger partial charge in [-0.05, 0) is 50.1 Å². The zero-order valence-corrected chi connectivity index (χ0v) is 19.2. The van der Waals surface area contributed by atoms with Crippen LogP contribution >= 0.6 is 11.3 Å². The molecule has 0 N–H and O–H groups in total. The van der Waals surface area contributed by atoms with Crippen molar-refractivity contribution in [1.29, 1.82) is 0 Å². The molecule has 0 amide bonds. The molecule has 6 nitrogen and oxygen atoms in total. The van der Waals surface area contributed by atoms with Crippen LogP contribution in [0.3, 0.4) is 0 Å². The van der Waals surface area contributed by atoms with E-state index < -0.39 is 12.0 Å². The number of nitrogens with zero attached hydrogens (tertiary/aromatic N) is 2. The molecule has 0 spiro atoms. The van der Waals surface area contributed by atoms with E-state index in [0.717, 1.165) is 16.9 Å². The van der Waals surface area contributed by atoms with Crippen molar-refractivity contribution in [2.45, 2.75) is 32.9 Å². The molecule has 164 valence electrons. The van der Waals surface area contributed by atoms with Gasteiger partial charge in [-0.2, -0.15) is 0 Å². The number of ether oxygens (including phenoxy) is 2. The van der Waals surface area contributed by atoms with E-state index in [1.165, 1.54) is 18.4 Å². The summed E-state index contributed by atoms with van der Waals surface area (Å²) in [5, 5.41) is 0. The highest BCUT2D eigenvalue weighted by atomic mass is 32.1. The van der Waals surface area contributed by atoms with Crippen LogP contribution in [0.1, 0.15) is 37.9 Å². The second-order valence-corrected chi connectivity index (χ2v) is 8.73. The summed E-state index contributed by atoms with van der Waals surface area (Å²) < 4.78 is 12.8. The maximum Gasteiger partial charge on any atom is 0.338 e. The zero-order valence-electron chi connectivity index (χ0n) is 18.4. The number of hydrogen-bond acceptors (Lipinski definition) is 6. The van der Waals surface area contributed by atoms with Gasteiger partial charge in [-0.3, -0.25) is 9.36 Å². The van der Waals surface area contributed by atoms with Gasteiger partial charge in [0.1, 0.15) is 5.75 Å². The van der Waals surface area contributed by atoms with Crippen LogP contribution in [0, 0.1) is 0 Å². The van der Waals surface area contributed by atoms with E-state index in [-0.39, 0.29) is 11.7 Å². The van der Waals surface area contributed by atoms with Gasteiger partial charge in [0.05, 0.1) is 35.1 Å². The number of carbonyl (C=O) groups excluding carboxylic acids is 1. The van der Waals surface area contributed by atoms with Gasteiger partial charge in [0.2, 0.25) is 0 Å². The first kappa shape index (κ1) is 21.8. The summed E-state index contributed by atoms with van der Waals surface area (Å²) in [5.41, 5.74) is 2.43. The average Bonchev–Trinajstić information content (AvgIpc) is 3.08. The minimum absolute atomic E-state index is 0.0924. The van der Waals surface area contributed by atoms with Crippen LogP contribution in [-0.4, -0.2) is 23.8 Å². The SMILES string of the molecule is COC(=O)C1=C(C)N=c2s/c(=C/c3ccc(OC(C)C)cc3)c(=O)n2C1c1ccccc1. The number of aromatic nitrogens is 1.